The zero-order valence-corrected chi connectivity index (χ0v) is 13.2. The fourth-order valence-electron chi connectivity index (χ4n) is 1.84. The Morgan fingerprint density at radius 2 is 2.14 bits per heavy atom. The number of rotatable bonds is 4. The number of nitrogens with zero attached hydrogens (tertiary/aromatic N) is 2. The lowest BCUT2D eigenvalue weighted by molar-refractivity contribution is -0.132. The summed E-state index contributed by atoms with van der Waals surface area (Å²) in [6.45, 7) is 5.36. The molecular weight excluding hydrogens is 291 g/mol. The van der Waals surface area contributed by atoms with E-state index in [0.29, 0.717) is 0 Å². The van der Waals surface area contributed by atoms with Crippen LogP contribution in [0.15, 0.2) is 34.2 Å². The number of ether oxygens (including phenoxy) is 1. The molecule has 0 radical (unpaired) electrons. The van der Waals surface area contributed by atoms with Crippen LogP contribution in [0, 0.1) is 5.82 Å². The quantitative estimate of drug-likeness (QED) is 0.807. The zero-order chi connectivity index (χ0) is 15.6. The van der Waals surface area contributed by atoms with E-state index in [1.54, 1.807) is 17.7 Å². The van der Waals surface area contributed by atoms with Crippen LogP contribution in [0.5, 0.6) is 6.01 Å². The van der Waals surface area contributed by atoms with E-state index >= 15 is 0 Å². The maximum Gasteiger partial charge on any atom is 0.310 e. The van der Waals surface area contributed by atoms with Gasteiger partial charge in [-0.15, -0.1) is 0 Å². The molecule has 0 atom stereocenters. The van der Waals surface area contributed by atoms with Gasteiger partial charge in [-0.25, -0.2) is 4.39 Å². The summed E-state index contributed by atoms with van der Waals surface area (Å²) in [5.41, 5.74) is 0.822. The van der Waals surface area contributed by atoms with Gasteiger partial charge >= 0.3 is 12.0 Å². The van der Waals surface area contributed by atoms with Crippen molar-refractivity contribution in [2.75, 3.05) is 0 Å². The van der Waals surface area contributed by atoms with Crippen LogP contribution in [0.4, 0.5) is 4.39 Å². The van der Waals surface area contributed by atoms with Crippen molar-refractivity contribution < 1.29 is 13.9 Å². The minimum Gasteiger partial charge on any atom is -0.392 e. The predicted molar refractivity (Wildman–Crippen MR) is 79.1 cm³/mol. The van der Waals surface area contributed by atoms with Gasteiger partial charge in [0, 0.05) is 18.9 Å². The minimum absolute atomic E-state index is 0.163. The average Bonchev–Trinajstić information content (AvgIpc) is 2.67. The summed E-state index contributed by atoms with van der Waals surface area (Å²) in [6, 6.07) is 6.62. The van der Waals surface area contributed by atoms with Crippen LogP contribution in [0.3, 0.4) is 0 Å². The van der Waals surface area contributed by atoms with Crippen LogP contribution in [0.1, 0.15) is 32.4 Å². The Balaban J connectivity index is 2.41. The van der Waals surface area contributed by atoms with Gasteiger partial charge < -0.3 is 4.74 Å². The molecule has 1 heterocycles. The summed E-state index contributed by atoms with van der Waals surface area (Å²) < 4.78 is 20.1. The first-order chi connectivity index (χ1) is 9.88. The molecule has 0 N–H and O–H groups in total. The number of halogens is 1. The lowest BCUT2D eigenvalue weighted by Crippen LogP contribution is -2.06. The van der Waals surface area contributed by atoms with Crippen molar-refractivity contribution in [3.63, 3.8) is 0 Å². The predicted octanol–water partition coefficient (Wildman–Crippen LogP) is 3.76. The molecule has 0 fully saturated rings. The summed E-state index contributed by atoms with van der Waals surface area (Å²) >= 11 is 1.40. The van der Waals surface area contributed by atoms with Crippen molar-refractivity contribution in [3.8, 4) is 6.01 Å². The highest BCUT2D eigenvalue weighted by molar-refractivity contribution is 7.99. The first-order valence-electron chi connectivity index (χ1n) is 6.57. The van der Waals surface area contributed by atoms with E-state index in [2.05, 4.69) is 4.98 Å². The molecule has 0 spiro atoms. The molecule has 0 saturated heterocycles. The van der Waals surface area contributed by atoms with E-state index in [9.17, 15) is 9.18 Å². The van der Waals surface area contributed by atoms with Gasteiger partial charge in [0.1, 0.15) is 10.8 Å². The van der Waals surface area contributed by atoms with Crippen molar-refractivity contribution in [2.45, 2.75) is 36.6 Å². The molecule has 0 aliphatic rings. The lowest BCUT2D eigenvalue weighted by atomic mass is 10.2. The monoisotopic (exact) mass is 308 g/mol. The number of esters is 1. The summed E-state index contributed by atoms with van der Waals surface area (Å²) in [5.74, 6) is -0.536. The molecule has 1 aromatic carbocycles. The number of carbonyl (C=O) groups is 1. The van der Waals surface area contributed by atoms with Crippen molar-refractivity contribution in [2.24, 2.45) is 7.05 Å². The highest BCUT2D eigenvalue weighted by Gasteiger charge is 2.20. The SMILES string of the molecule is CC(=O)Oc1nc(C(C)C)c(Sc2cccc(F)c2)n1C. The highest BCUT2D eigenvalue weighted by atomic mass is 32.2. The number of aromatic nitrogens is 2. The van der Waals surface area contributed by atoms with Gasteiger partial charge in [-0.3, -0.25) is 9.36 Å². The second-order valence-corrected chi connectivity index (χ2v) is 6.01. The smallest absolute Gasteiger partial charge is 0.310 e. The van der Waals surface area contributed by atoms with Crippen molar-refractivity contribution >= 4 is 17.7 Å². The minimum atomic E-state index is -0.416. The van der Waals surface area contributed by atoms with Crippen molar-refractivity contribution in [1.82, 2.24) is 9.55 Å². The molecule has 0 unspecified atom stereocenters. The van der Waals surface area contributed by atoms with E-state index in [4.69, 9.17) is 4.74 Å². The Morgan fingerprint density at radius 3 is 2.71 bits per heavy atom. The van der Waals surface area contributed by atoms with Gasteiger partial charge in [0.15, 0.2) is 0 Å². The molecule has 2 rings (SSSR count). The fourth-order valence-corrected chi connectivity index (χ4v) is 2.99. The third-order valence-corrected chi connectivity index (χ3v) is 3.99. The summed E-state index contributed by atoms with van der Waals surface area (Å²) in [5, 5.41) is 0.840. The van der Waals surface area contributed by atoms with Crippen LogP contribution in [0.25, 0.3) is 0 Å². The molecular formula is C15H17FN2O2S. The fraction of sp³-hybridized carbons (Fsp3) is 0.333. The highest BCUT2D eigenvalue weighted by Crippen LogP contribution is 2.36. The van der Waals surface area contributed by atoms with Crippen molar-refractivity contribution in [3.05, 3.63) is 35.8 Å². The molecule has 21 heavy (non-hydrogen) atoms. The largest absolute Gasteiger partial charge is 0.392 e. The molecule has 6 heteroatoms. The molecule has 0 amide bonds. The van der Waals surface area contributed by atoms with Crippen LogP contribution >= 0.6 is 11.8 Å². The molecule has 0 saturated carbocycles. The van der Waals surface area contributed by atoms with E-state index < -0.39 is 5.97 Å². The molecule has 2 aromatic rings. The maximum atomic E-state index is 13.3. The van der Waals surface area contributed by atoms with E-state index in [-0.39, 0.29) is 17.7 Å². The van der Waals surface area contributed by atoms with Crippen LogP contribution in [-0.2, 0) is 11.8 Å². The zero-order valence-electron chi connectivity index (χ0n) is 12.4. The van der Waals surface area contributed by atoms with Gasteiger partial charge in [-0.1, -0.05) is 31.7 Å². The van der Waals surface area contributed by atoms with Gasteiger partial charge in [0.25, 0.3) is 0 Å². The van der Waals surface area contributed by atoms with Crippen LogP contribution in [0.2, 0.25) is 0 Å². The van der Waals surface area contributed by atoms with E-state index in [1.807, 2.05) is 19.9 Å². The van der Waals surface area contributed by atoms with E-state index in [0.717, 1.165) is 15.6 Å². The van der Waals surface area contributed by atoms with Crippen LogP contribution < -0.4 is 4.74 Å². The molecule has 1 aromatic heterocycles. The van der Waals surface area contributed by atoms with Gasteiger partial charge in [0.05, 0.1) is 5.69 Å². The third kappa shape index (κ3) is 3.64. The lowest BCUT2D eigenvalue weighted by Gasteiger charge is -2.08. The Bertz CT molecular complexity index is 668. The number of hydrogen-bond acceptors (Lipinski definition) is 4. The second-order valence-electron chi connectivity index (χ2n) is 4.95. The molecule has 0 aliphatic carbocycles. The first kappa shape index (κ1) is 15.6. The van der Waals surface area contributed by atoms with Gasteiger partial charge in [0.2, 0.25) is 0 Å². The van der Waals surface area contributed by atoms with E-state index in [1.165, 1.54) is 30.8 Å². The third-order valence-electron chi connectivity index (χ3n) is 2.82. The second kappa shape index (κ2) is 6.30. The van der Waals surface area contributed by atoms with Gasteiger partial charge in [-0.2, -0.15) is 4.98 Å². The Kier molecular flexibility index (Phi) is 4.67. The summed E-state index contributed by atoms with van der Waals surface area (Å²) in [7, 11) is 1.78. The summed E-state index contributed by atoms with van der Waals surface area (Å²) in [4.78, 5) is 16.3. The van der Waals surface area contributed by atoms with Crippen LogP contribution in [-0.4, -0.2) is 15.5 Å². The Labute approximate surface area is 127 Å². The molecule has 0 bridgehead atoms. The average molecular weight is 308 g/mol. The topological polar surface area (TPSA) is 44.1 Å². The molecule has 4 nitrogen and oxygen atoms in total. The van der Waals surface area contributed by atoms with Crippen molar-refractivity contribution in [1.29, 1.82) is 0 Å². The molecule has 0 aliphatic heterocycles. The Morgan fingerprint density at radius 1 is 1.43 bits per heavy atom. The normalized spacial score (nSPS) is 11.0. The Hall–Kier alpha value is -1.82. The maximum absolute atomic E-state index is 13.3. The summed E-state index contributed by atoms with van der Waals surface area (Å²) in [6.07, 6.45) is 0. The van der Waals surface area contributed by atoms with Gasteiger partial charge in [-0.05, 0) is 24.1 Å². The molecule has 112 valence electrons. The number of imidazole rings is 1. The number of benzene rings is 1. The first-order valence-corrected chi connectivity index (χ1v) is 7.38. The standard InChI is InChI=1S/C15H17FN2O2S/c1-9(2)13-14(18(4)15(17-13)20-10(3)19)21-12-7-5-6-11(16)8-12/h5-9H,1-4H3. The number of carbonyl (C=O) groups excluding carboxylic acids is 1. The number of hydrogen-bond donors (Lipinski definition) is 0.